The number of hydrogen-bond donors (Lipinski definition) is 4. The minimum atomic E-state index is -0.914. The molecule has 5 nitrogen and oxygen atoms in total. The first-order valence-corrected chi connectivity index (χ1v) is 4.31. The van der Waals surface area contributed by atoms with E-state index < -0.39 is 12.1 Å². The Morgan fingerprint density at radius 1 is 1.54 bits per heavy atom. The summed E-state index contributed by atoms with van der Waals surface area (Å²) < 4.78 is 0. The van der Waals surface area contributed by atoms with E-state index in [9.17, 15) is 4.79 Å². The molecular formula is C8H18N2O3. The Balaban J connectivity index is 3.74. The van der Waals surface area contributed by atoms with E-state index in [0.717, 1.165) is 0 Å². The first-order valence-electron chi connectivity index (χ1n) is 4.31. The van der Waals surface area contributed by atoms with Crippen molar-refractivity contribution < 1.29 is 15.0 Å². The van der Waals surface area contributed by atoms with Crippen LogP contribution in [0.3, 0.4) is 0 Å². The molecule has 0 saturated carbocycles. The Hall–Kier alpha value is -0.650. The minimum Gasteiger partial charge on any atom is -0.394 e. The van der Waals surface area contributed by atoms with Crippen LogP contribution in [0.25, 0.3) is 0 Å². The topological polar surface area (TPSA) is 95.6 Å². The molecule has 5 N–H and O–H groups in total. The first kappa shape index (κ1) is 12.3. The summed E-state index contributed by atoms with van der Waals surface area (Å²) in [5.74, 6) is -0.242. The molecule has 5 heteroatoms. The second kappa shape index (κ2) is 5.90. The Morgan fingerprint density at radius 2 is 2.08 bits per heavy atom. The summed E-state index contributed by atoms with van der Waals surface area (Å²) in [5.41, 5.74) is 5.53. The van der Waals surface area contributed by atoms with Crippen LogP contribution in [0.4, 0.5) is 0 Å². The number of rotatable bonds is 5. The van der Waals surface area contributed by atoms with Gasteiger partial charge in [-0.3, -0.25) is 4.79 Å². The Bertz CT molecular complexity index is 161. The smallest absolute Gasteiger partial charge is 0.237 e. The van der Waals surface area contributed by atoms with E-state index in [1.165, 1.54) is 0 Å². The van der Waals surface area contributed by atoms with Crippen molar-refractivity contribution in [2.24, 2.45) is 11.7 Å². The molecule has 0 heterocycles. The average molecular weight is 190 g/mol. The second-order valence-corrected chi connectivity index (χ2v) is 3.35. The highest BCUT2D eigenvalue weighted by atomic mass is 16.3. The third-order valence-corrected chi connectivity index (χ3v) is 1.74. The number of nitrogens with two attached hydrogens (primary N) is 1. The normalized spacial score (nSPS) is 15.5. The molecule has 1 amide bonds. The third-order valence-electron chi connectivity index (χ3n) is 1.74. The van der Waals surface area contributed by atoms with Crippen LogP contribution in [0.15, 0.2) is 0 Å². The van der Waals surface area contributed by atoms with Gasteiger partial charge in [-0.1, -0.05) is 13.8 Å². The van der Waals surface area contributed by atoms with Crippen molar-refractivity contribution in [3.8, 4) is 0 Å². The van der Waals surface area contributed by atoms with Crippen molar-refractivity contribution >= 4 is 5.91 Å². The largest absolute Gasteiger partial charge is 0.394 e. The van der Waals surface area contributed by atoms with Gasteiger partial charge in [0.15, 0.2) is 0 Å². The monoisotopic (exact) mass is 190 g/mol. The zero-order valence-corrected chi connectivity index (χ0v) is 8.03. The average Bonchev–Trinajstić information content (AvgIpc) is 2.11. The van der Waals surface area contributed by atoms with Gasteiger partial charge < -0.3 is 21.3 Å². The van der Waals surface area contributed by atoms with Crippen LogP contribution in [-0.4, -0.2) is 41.4 Å². The lowest BCUT2D eigenvalue weighted by atomic mass is 10.1. The molecule has 13 heavy (non-hydrogen) atoms. The summed E-state index contributed by atoms with van der Waals surface area (Å²) in [4.78, 5) is 11.2. The van der Waals surface area contributed by atoms with E-state index in [4.69, 9.17) is 15.9 Å². The van der Waals surface area contributed by atoms with E-state index >= 15 is 0 Å². The third kappa shape index (κ3) is 4.82. The van der Waals surface area contributed by atoms with Crippen LogP contribution in [0, 0.1) is 5.92 Å². The van der Waals surface area contributed by atoms with Gasteiger partial charge in [-0.05, 0) is 5.92 Å². The molecule has 0 radical (unpaired) electrons. The zero-order valence-electron chi connectivity index (χ0n) is 8.03. The van der Waals surface area contributed by atoms with Gasteiger partial charge in [-0.2, -0.15) is 0 Å². The predicted molar refractivity (Wildman–Crippen MR) is 48.9 cm³/mol. The van der Waals surface area contributed by atoms with Crippen LogP contribution in [0.5, 0.6) is 0 Å². The molecule has 0 bridgehead atoms. The number of aliphatic hydroxyl groups excluding tert-OH is 2. The second-order valence-electron chi connectivity index (χ2n) is 3.35. The number of amides is 1. The summed E-state index contributed by atoms with van der Waals surface area (Å²) in [7, 11) is 0. The molecule has 0 aliphatic carbocycles. The van der Waals surface area contributed by atoms with Crippen LogP contribution in [0.1, 0.15) is 13.8 Å². The fourth-order valence-corrected chi connectivity index (χ4v) is 0.704. The van der Waals surface area contributed by atoms with E-state index in [1.54, 1.807) is 0 Å². The van der Waals surface area contributed by atoms with E-state index in [2.05, 4.69) is 5.32 Å². The zero-order chi connectivity index (χ0) is 10.4. The number of carbonyl (C=O) groups excluding carboxylic acids is 1. The van der Waals surface area contributed by atoms with Gasteiger partial charge in [-0.25, -0.2) is 0 Å². The summed E-state index contributed by atoms with van der Waals surface area (Å²) >= 11 is 0. The van der Waals surface area contributed by atoms with Crippen molar-refractivity contribution in [3.05, 3.63) is 0 Å². The molecule has 0 aliphatic heterocycles. The van der Waals surface area contributed by atoms with Gasteiger partial charge in [0.1, 0.15) is 0 Å². The highest BCUT2D eigenvalue weighted by Crippen LogP contribution is 1.97. The molecule has 2 atom stereocenters. The lowest BCUT2D eigenvalue weighted by Gasteiger charge is -2.16. The van der Waals surface area contributed by atoms with E-state index in [0.29, 0.717) is 0 Å². The van der Waals surface area contributed by atoms with E-state index in [1.807, 2.05) is 13.8 Å². The predicted octanol–water partition coefficient (Wildman–Crippen LogP) is -1.56. The molecule has 0 fully saturated rings. The summed E-state index contributed by atoms with van der Waals surface area (Å²) in [6.45, 7) is 3.35. The van der Waals surface area contributed by atoms with Crippen LogP contribution < -0.4 is 11.1 Å². The highest BCUT2D eigenvalue weighted by molar-refractivity contribution is 5.81. The number of nitrogens with one attached hydrogen (secondary N) is 1. The van der Waals surface area contributed by atoms with Gasteiger partial charge >= 0.3 is 0 Å². The molecule has 78 valence electrons. The number of aliphatic hydroxyl groups is 2. The maximum atomic E-state index is 11.2. The Morgan fingerprint density at radius 3 is 2.46 bits per heavy atom. The molecule has 0 saturated heterocycles. The van der Waals surface area contributed by atoms with Crippen LogP contribution in [-0.2, 0) is 4.79 Å². The molecule has 2 unspecified atom stereocenters. The lowest BCUT2D eigenvalue weighted by molar-refractivity contribution is -0.123. The molecule has 0 aliphatic rings. The molecular weight excluding hydrogens is 172 g/mol. The molecule has 0 aromatic rings. The number of carbonyl (C=O) groups is 1. The highest BCUT2D eigenvalue weighted by Gasteiger charge is 2.17. The Kier molecular flexibility index (Phi) is 5.61. The quantitative estimate of drug-likeness (QED) is 0.421. The standard InChI is InChI=1S/C8H18N2O3/c1-5(2)7(9)8(13)10-3-6(12)4-11/h5-7,11-12H,3-4,9H2,1-2H3,(H,10,13). The fourth-order valence-electron chi connectivity index (χ4n) is 0.704. The molecule has 0 spiro atoms. The Labute approximate surface area is 77.9 Å². The molecule has 0 rings (SSSR count). The van der Waals surface area contributed by atoms with Crippen LogP contribution in [0.2, 0.25) is 0 Å². The molecule has 0 aromatic carbocycles. The first-order chi connectivity index (χ1) is 5.99. The minimum absolute atomic E-state index is 0.0375. The van der Waals surface area contributed by atoms with Crippen molar-refractivity contribution in [3.63, 3.8) is 0 Å². The van der Waals surface area contributed by atoms with Crippen molar-refractivity contribution in [2.45, 2.75) is 26.0 Å². The molecule has 0 aromatic heterocycles. The van der Waals surface area contributed by atoms with Crippen LogP contribution >= 0.6 is 0 Å². The van der Waals surface area contributed by atoms with Crippen molar-refractivity contribution in [2.75, 3.05) is 13.2 Å². The summed E-state index contributed by atoms with van der Waals surface area (Å²) in [6, 6.07) is -0.564. The van der Waals surface area contributed by atoms with Gasteiger partial charge in [0.2, 0.25) is 5.91 Å². The van der Waals surface area contributed by atoms with Gasteiger partial charge in [-0.15, -0.1) is 0 Å². The number of hydrogen-bond acceptors (Lipinski definition) is 4. The fraction of sp³-hybridized carbons (Fsp3) is 0.875. The maximum absolute atomic E-state index is 11.2. The summed E-state index contributed by atoms with van der Waals surface area (Å²) in [5, 5.41) is 19.8. The lowest BCUT2D eigenvalue weighted by Crippen LogP contribution is -2.46. The van der Waals surface area contributed by atoms with Gasteiger partial charge in [0.05, 0.1) is 18.8 Å². The SMILES string of the molecule is CC(C)C(N)C(=O)NCC(O)CO. The maximum Gasteiger partial charge on any atom is 0.237 e. The van der Waals surface area contributed by atoms with Gasteiger partial charge in [0, 0.05) is 6.54 Å². The summed E-state index contributed by atoms with van der Waals surface area (Å²) in [6.07, 6.45) is -0.914. The van der Waals surface area contributed by atoms with Crippen molar-refractivity contribution in [1.29, 1.82) is 0 Å². The van der Waals surface area contributed by atoms with Gasteiger partial charge in [0.25, 0.3) is 0 Å². The van der Waals surface area contributed by atoms with Crippen molar-refractivity contribution in [1.82, 2.24) is 5.32 Å². The van der Waals surface area contributed by atoms with E-state index in [-0.39, 0.29) is 25.0 Å².